The van der Waals surface area contributed by atoms with Gasteiger partial charge in [0.1, 0.15) is 5.82 Å². The van der Waals surface area contributed by atoms with Gasteiger partial charge in [-0.1, -0.05) is 56.0 Å². The molecule has 1 heterocycles. The quantitative estimate of drug-likeness (QED) is 0.502. The Morgan fingerprint density at radius 2 is 1.96 bits per heavy atom. The van der Waals surface area contributed by atoms with Gasteiger partial charge in [0.2, 0.25) is 0 Å². The number of halogens is 1. The fourth-order valence-electron chi connectivity index (χ4n) is 3.33. The van der Waals surface area contributed by atoms with Crippen LogP contribution in [0.15, 0.2) is 48.5 Å². The van der Waals surface area contributed by atoms with Crippen LogP contribution in [0.2, 0.25) is 5.02 Å². The summed E-state index contributed by atoms with van der Waals surface area (Å²) in [6.45, 7) is 5.10. The molecule has 0 aliphatic carbocycles. The van der Waals surface area contributed by atoms with Crippen molar-refractivity contribution in [1.82, 2.24) is 14.9 Å². The van der Waals surface area contributed by atoms with E-state index in [1.54, 1.807) is 24.3 Å². The molecule has 1 N–H and O–H groups in total. The van der Waals surface area contributed by atoms with Crippen molar-refractivity contribution in [1.29, 1.82) is 0 Å². The molecule has 3 aromatic rings. The Balaban J connectivity index is 1.82. The van der Waals surface area contributed by atoms with E-state index in [0.717, 1.165) is 29.8 Å². The van der Waals surface area contributed by atoms with E-state index in [2.05, 4.69) is 22.9 Å². The van der Waals surface area contributed by atoms with E-state index < -0.39 is 0 Å². The first-order valence-corrected chi connectivity index (χ1v) is 9.99. The molecule has 0 radical (unpaired) electrons. The van der Waals surface area contributed by atoms with Crippen LogP contribution >= 0.6 is 11.6 Å². The van der Waals surface area contributed by atoms with Crippen LogP contribution in [0.1, 0.15) is 61.8 Å². The second-order valence-electron chi connectivity index (χ2n) is 6.88. The molecule has 27 heavy (non-hydrogen) atoms. The highest BCUT2D eigenvalue weighted by Gasteiger charge is 2.19. The molecule has 0 unspecified atom stereocenters. The zero-order chi connectivity index (χ0) is 19.2. The standard InChI is InChI=1S/C22H26ClN3O/c1-3-4-5-8-14-26-20-13-7-6-12-19(20)25-21(26)16(2)24-22(27)17-10-9-11-18(23)15-17/h6-7,9-13,15-16H,3-5,8,14H2,1-2H3,(H,24,27)/t16-/m0/s1. The van der Waals surface area contributed by atoms with Crippen LogP contribution in [0.25, 0.3) is 11.0 Å². The third-order valence-electron chi connectivity index (χ3n) is 4.74. The lowest BCUT2D eigenvalue weighted by atomic mass is 10.2. The van der Waals surface area contributed by atoms with Crippen LogP contribution in [0.3, 0.4) is 0 Å². The van der Waals surface area contributed by atoms with Crippen LogP contribution in [-0.2, 0) is 6.54 Å². The molecule has 0 aliphatic heterocycles. The summed E-state index contributed by atoms with van der Waals surface area (Å²) >= 11 is 6.01. The summed E-state index contributed by atoms with van der Waals surface area (Å²) in [4.78, 5) is 17.4. The Morgan fingerprint density at radius 1 is 1.15 bits per heavy atom. The Kier molecular flexibility index (Phi) is 6.51. The lowest BCUT2D eigenvalue weighted by molar-refractivity contribution is 0.0937. The summed E-state index contributed by atoms with van der Waals surface area (Å²) in [6.07, 6.45) is 4.76. The van der Waals surface area contributed by atoms with Crippen molar-refractivity contribution in [2.75, 3.05) is 0 Å². The number of aromatic nitrogens is 2. The van der Waals surface area contributed by atoms with Crippen molar-refractivity contribution < 1.29 is 4.79 Å². The highest BCUT2D eigenvalue weighted by atomic mass is 35.5. The number of fused-ring (bicyclic) bond motifs is 1. The van der Waals surface area contributed by atoms with Gasteiger partial charge in [-0.3, -0.25) is 4.79 Å². The predicted molar refractivity (Wildman–Crippen MR) is 111 cm³/mol. The summed E-state index contributed by atoms with van der Waals surface area (Å²) in [7, 11) is 0. The molecule has 142 valence electrons. The molecule has 0 saturated carbocycles. The number of carbonyl (C=O) groups is 1. The fourth-order valence-corrected chi connectivity index (χ4v) is 3.52. The predicted octanol–water partition coefficient (Wildman–Crippen LogP) is 5.76. The first kappa shape index (κ1) is 19.4. The van der Waals surface area contributed by atoms with E-state index >= 15 is 0 Å². The van der Waals surface area contributed by atoms with E-state index in [1.807, 2.05) is 25.1 Å². The highest BCUT2D eigenvalue weighted by molar-refractivity contribution is 6.30. The van der Waals surface area contributed by atoms with E-state index in [4.69, 9.17) is 16.6 Å². The highest BCUT2D eigenvalue weighted by Crippen LogP contribution is 2.22. The maximum Gasteiger partial charge on any atom is 0.251 e. The summed E-state index contributed by atoms with van der Waals surface area (Å²) in [5.74, 6) is 0.748. The summed E-state index contributed by atoms with van der Waals surface area (Å²) in [5.41, 5.74) is 2.64. The van der Waals surface area contributed by atoms with E-state index in [-0.39, 0.29) is 11.9 Å². The number of carbonyl (C=O) groups excluding carboxylic acids is 1. The van der Waals surface area contributed by atoms with Gasteiger partial charge in [-0.05, 0) is 43.7 Å². The van der Waals surface area contributed by atoms with Gasteiger partial charge in [-0.2, -0.15) is 0 Å². The Labute approximate surface area is 165 Å². The minimum absolute atomic E-state index is 0.144. The molecule has 0 bridgehead atoms. The van der Waals surface area contributed by atoms with E-state index in [9.17, 15) is 4.79 Å². The maximum atomic E-state index is 12.6. The van der Waals surface area contributed by atoms with E-state index in [0.29, 0.717) is 10.6 Å². The largest absolute Gasteiger partial charge is 0.342 e. The second-order valence-corrected chi connectivity index (χ2v) is 7.31. The van der Waals surface area contributed by atoms with Gasteiger partial charge in [-0.25, -0.2) is 4.98 Å². The maximum absolute atomic E-state index is 12.6. The molecule has 4 nitrogen and oxygen atoms in total. The van der Waals surface area contributed by atoms with Gasteiger partial charge < -0.3 is 9.88 Å². The minimum atomic E-state index is -0.199. The molecule has 1 atom stereocenters. The summed E-state index contributed by atoms with van der Waals surface area (Å²) < 4.78 is 2.24. The van der Waals surface area contributed by atoms with Gasteiger partial charge in [0, 0.05) is 17.1 Å². The lowest BCUT2D eigenvalue weighted by Crippen LogP contribution is -2.28. The molecular formula is C22H26ClN3O. The number of nitrogens with zero attached hydrogens (tertiary/aromatic N) is 2. The molecule has 5 heteroatoms. The number of benzene rings is 2. The molecule has 0 spiro atoms. The van der Waals surface area contributed by atoms with Gasteiger partial charge >= 0.3 is 0 Å². The number of unbranched alkanes of at least 4 members (excludes halogenated alkanes) is 3. The van der Waals surface area contributed by atoms with Crippen molar-refractivity contribution in [2.45, 2.75) is 52.1 Å². The first-order valence-electron chi connectivity index (χ1n) is 9.61. The summed E-state index contributed by atoms with van der Waals surface area (Å²) in [5, 5.41) is 3.62. The topological polar surface area (TPSA) is 46.9 Å². The zero-order valence-electron chi connectivity index (χ0n) is 15.9. The van der Waals surface area contributed by atoms with Crippen LogP contribution < -0.4 is 5.32 Å². The molecule has 0 fully saturated rings. The third-order valence-corrected chi connectivity index (χ3v) is 4.98. The SMILES string of the molecule is CCCCCCn1c([C@H](C)NC(=O)c2cccc(Cl)c2)nc2ccccc21. The number of rotatable bonds is 8. The average molecular weight is 384 g/mol. The molecule has 0 saturated heterocycles. The lowest BCUT2D eigenvalue weighted by Gasteiger charge is -2.16. The number of hydrogen-bond acceptors (Lipinski definition) is 2. The molecule has 1 amide bonds. The number of amides is 1. The van der Waals surface area contributed by atoms with Gasteiger partial charge in [0.15, 0.2) is 0 Å². The van der Waals surface area contributed by atoms with Crippen molar-refractivity contribution >= 4 is 28.5 Å². The smallest absolute Gasteiger partial charge is 0.251 e. The van der Waals surface area contributed by atoms with Crippen molar-refractivity contribution in [3.05, 3.63) is 64.9 Å². The molecular weight excluding hydrogens is 358 g/mol. The normalized spacial score (nSPS) is 12.3. The first-order chi connectivity index (χ1) is 13.1. The van der Waals surface area contributed by atoms with Crippen molar-refractivity contribution in [3.8, 4) is 0 Å². The zero-order valence-corrected chi connectivity index (χ0v) is 16.7. The number of aryl methyl sites for hydroxylation is 1. The molecule has 0 aliphatic rings. The third kappa shape index (κ3) is 4.69. The molecule has 1 aromatic heterocycles. The average Bonchev–Trinajstić information content (AvgIpc) is 3.04. The number of nitrogens with one attached hydrogen (secondary N) is 1. The van der Waals surface area contributed by atoms with Crippen molar-refractivity contribution in [3.63, 3.8) is 0 Å². The van der Waals surface area contributed by atoms with Crippen LogP contribution in [0.5, 0.6) is 0 Å². The van der Waals surface area contributed by atoms with E-state index in [1.165, 1.54) is 19.3 Å². The minimum Gasteiger partial charge on any atom is -0.342 e. The number of para-hydroxylation sites is 2. The van der Waals surface area contributed by atoms with Crippen LogP contribution in [0.4, 0.5) is 0 Å². The number of imidazole rings is 1. The number of hydrogen-bond donors (Lipinski definition) is 1. The molecule has 2 aromatic carbocycles. The Bertz CT molecular complexity index is 919. The fraction of sp³-hybridized carbons (Fsp3) is 0.364. The molecule has 3 rings (SSSR count). The Hall–Kier alpha value is -2.33. The van der Waals surface area contributed by atoms with Gasteiger partial charge in [0.05, 0.1) is 17.1 Å². The monoisotopic (exact) mass is 383 g/mol. The Morgan fingerprint density at radius 3 is 2.74 bits per heavy atom. The van der Waals surface area contributed by atoms with Gasteiger partial charge in [-0.15, -0.1) is 0 Å². The van der Waals surface area contributed by atoms with Crippen LogP contribution in [-0.4, -0.2) is 15.5 Å². The van der Waals surface area contributed by atoms with Gasteiger partial charge in [0.25, 0.3) is 5.91 Å². The van der Waals surface area contributed by atoms with Crippen molar-refractivity contribution in [2.24, 2.45) is 0 Å². The second kappa shape index (κ2) is 9.05. The summed E-state index contributed by atoms with van der Waals surface area (Å²) in [6, 6.07) is 14.9. The van der Waals surface area contributed by atoms with Crippen LogP contribution in [0, 0.1) is 0 Å².